The van der Waals surface area contributed by atoms with Crippen LogP contribution in [0.2, 0.25) is 0 Å². The first-order valence-electron chi connectivity index (χ1n) is 10.6. The fraction of sp³-hybridized carbons (Fsp3) is 0.348. The van der Waals surface area contributed by atoms with Crippen LogP contribution >= 0.6 is 11.8 Å². The first-order valence-corrected chi connectivity index (χ1v) is 11.8. The van der Waals surface area contributed by atoms with Gasteiger partial charge in [-0.2, -0.15) is 0 Å². The lowest BCUT2D eigenvalue weighted by molar-refractivity contribution is -0.384. The van der Waals surface area contributed by atoms with E-state index in [9.17, 15) is 24.5 Å². The zero-order chi connectivity index (χ0) is 23.5. The van der Waals surface area contributed by atoms with Crippen molar-refractivity contribution >= 4 is 46.6 Å². The molecule has 1 saturated heterocycles. The van der Waals surface area contributed by atoms with Crippen LogP contribution in [-0.4, -0.2) is 48.7 Å². The van der Waals surface area contributed by atoms with Crippen molar-refractivity contribution in [2.24, 2.45) is 5.92 Å². The average Bonchev–Trinajstić information content (AvgIpc) is 3.23. The third kappa shape index (κ3) is 4.85. The molecule has 0 bridgehead atoms. The van der Waals surface area contributed by atoms with Crippen molar-refractivity contribution in [2.75, 3.05) is 35.8 Å². The Balaban J connectivity index is 1.36. The van der Waals surface area contributed by atoms with Crippen LogP contribution in [-0.2, 0) is 25.5 Å². The van der Waals surface area contributed by atoms with Gasteiger partial charge in [-0.1, -0.05) is 0 Å². The van der Waals surface area contributed by atoms with Crippen LogP contribution in [0, 0.1) is 16.0 Å². The molecule has 1 atom stereocenters. The lowest BCUT2D eigenvalue weighted by atomic mass is 10.0. The predicted octanol–water partition coefficient (Wildman–Crippen LogP) is 3.19. The number of rotatable bonds is 6. The Bertz CT molecular complexity index is 1100. The average molecular weight is 470 g/mol. The molecule has 172 valence electrons. The van der Waals surface area contributed by atoms with Gasteiger partial charge in [-0.15, -0.1) is 11.8 Å². The minimum atomic E-state index is -0.637. The smallest absolute Gasteiger partial charge is 0.311 e. The Hall–Kier alpha value is -3.40. The van der Waals surface area contributed by atoms with Gasteiger partial charge in [-0.05, 0) is 55.0 Å². The molecule has 0 N–H and O–H groups in total. The molecule has 9 nitrogen and oxygen atoms in total. The first kappa shape index (κ1) is 22.8. The molecule has 1 fully saturated rings. The maximum Gasteiger partial charge on any atom is 0.311 e. The molecule has 2 aliphatic heterocycles. The van der Waals surface area contributed by atoms with E-state index in [1.807, 2.05) is 30.5 Å². The summed E-state index contributed by atoms with van der Waals surface area (Å²) in [5.74, 6) is -1.78. The number of nitro groups is 1. The van der Waals surface area contributed by atoms with Gasteiger partial charge in [0.25, 0.3) is 11.6 Å². The van der Waals surface area contributed by atoms with Gasteiger partial charge < -0.3 is 14.5 Å². The molecule has 0 aliphatic carbocycles. The number of hydrogen-bond donors (Lipinski definition) is 0. The molecule has 1 unspecified atom stereocenters. The van der Waals surface area contributed by atoms with Crippen LogP contribution in [0.4, 0.5) is 17.1 Å². The molecule has 0 aromatic heterocycles. The number of nitrogens with zero attached hydrogens (tertiary/aromatic N) is 3. The topological polar surface area (TPSA) is 110 Å². The highest BCUT2D eigenvalue weighted by atomic mass is 32.2. The highest BCUT2D eigenvalue weighted by Crippen LogP contribution is 2.31. The third-order valence-corrected chi connectivity index (χ3v) is 6.62. The fourth-order valence-electron chi connectivity index (χ4n) is 4.16. The molecule has 0 radical (unpaired) electrons. The van der Waals surface area contributed by atoms with Gasteiger partial charge in [0.15, 0.2) is 6.61 Å². The van der Waals surface area contributed by atoms with Crippen LogP contribution < -0.4 is 9.80 Å². The standard InChI is InChI=1S/C23H23N3O6S/c1-33-19-7-4-17(5-8-19)25-13-16(12-21(25)27)23(29)32-14-22(28)24-10-2-3-15-11-18(26(30)31)6-9-20(15)24/h4-9,11,16H,2-3,10,12-14H2,1H3. The van der Waals surface area contributed by atoms with Crippen molar-refractivity contribution in [2.45, 2.75) is 24.2 Å². The maximum absolute atomic E-state index is 12.7. The Morgan fingerprint density at radius 3 is 2.67 bits per heavy atom. The van der Waals surface area contributed by atoms with Crippen LogP contribution in [0.15, 0.2) is 47.4 Å². The van der Waals surface area contributed by atoms with Crippen molar-refractivity contribution in [3.63, 3.8) is 0 Å². The molecular formula is C23H23N3O6S. The van der Waals surface area contributed by atoms with Crippen LogP contribution in [0.3, 0.4) is 0 Å². The number of amides is 2. The molecule has 2 aromatic rings. The molecule has 2 aromatic carbocycles. The van der Waals surface area contributed by atoms with E-state index in [2.05, 4.69) is 0 Å². The Morgan fingerprint density at radius 2 is 1.97 bits per heavy atom. The number of fused-ring (bicyclic) bond motifs is 1. The van der Waals surface area contributed by atoms with Crippen molar-refractivity contribution in [3.05, 3.63) is 58.1 Å². The summed E-state index contributed by atoms with van der Waals surface area (Å²) in [5, 5.41) is 11.0. The van der Waals surface area contributed by atoms with Crippen molar-refractivity contribution in [1.82, 2.24) is 0 Å². The highest BCUT2D eigenvalue weighted by molar-refractivity contribution is 7.98. The minimum absolute atomic E-state index is 0.0204. The van der Waals surface area contributed by atoms with E-state index >= 15 is 0 Å². The second kappa shape index (κ2) is 9.62. The Morgan fingerprint density at radius 1 is 1.21 bits per heavy atom. The van der Waals surface area contributed by atoms with E-state index in [4.69, 9.17) is 4.74 Å². The van der Waals surface area contributed by atoms with E-state index in [0.29, 0.717) is 25.1 Å². The summed E-state index contributed by atoms with van der Waals surface area (Å²) in [5.41, 5.74) is 2.03. The minimum Gasteiger partial charge on any atom is -0.455 e. The number of carbonyl (C=O) groups excluding carboxylic acids is 3. The van der Waals surface area contributed by atoms with E-state index in [-0.39, 0.29) is 24.6 Å². The number of nitro benzene ring substituents is 1. The van der Waals surface area contributed by atoms with Gasteiger partial charge in [-0.25, -0.2) is 0 Å². The number of non-ortho nitro benzene ring substituents is 1. The Kier molecular flexibility index (Phi) is 6.64. The van der Waals surface area contributed by atoms with Gasteiger partial charge in [0.05, 0.1) is 10.8 Å². The fourth-order valence-corrected chi connectivity index (χ4v) is 4.57. The molecule has 4 rings (SSSR count). The van der Waals surface area contributed by atoms with E-state index in [0.717, 1.165) is 16.1 Å². The molecule has 0 saturated carbocycles. The van der Waals surface area contributed by atoms with Gasteiger partial charge >= 0.3 is 5.97 Å². The maximum atomic E-state index is 12.7. The largest absolute Gasteiger partial charge is 0.455 e. The lowest BCUT2D eigenvalue weighted by Crippen LogP contribution is -2.39. The second-order valence-corrected chi connectivity index (χ2v) is 8.81. The summed E-state index contributed by atoms with van der Waals surface area (Å²) in [6, 6.07) is 11.9. The monoisotopic (exact) mass is 469 g/mol. The number of benzene rings is 2. The molecular weight excluding hydrogens is 446 g/mol. The number of aryl methyl sites for hydroxylation is 1. The third-order valence-electron chi connectivity index (χ3n) is 5.87. The van der Waals surface area contributed by atoms with Crippen molar-refractivity contribution < 1.29 is 24.0 Å². The van der Waals surface area contributed by atoms with E-state index in [1.165, 1.54) is 17.0 Å². The molecule has 2 amide bonds. The lowest BCUT2D eigenvalue weighted by Gasteiger charge is -2.29. The summed E-state index contributed by atoms with van der Waals surface area (Å²) < 4.78 is 5.27. The summed E-state index contributed by atoms with van der Waals surface area (Å²) in [6.07, 6.45) is 3.30. The van der Waals surface area contributed by atoms with Crippen LogP contribution in [0.25, 0.3) is 0 Å². The molecule has 0 spiro atoms. The van der Waals surface area contributed by atoms with E-state index < -0.39 is 29.3 Å². The number of anilines is 2. The molecule has 10 heteroatoms. The zero-order valence-electron chi connectivity index (χ0n) is 18.1. The van der Waals surface area contributed by atoms with Gasteiger partial charge in [0.2, 0.25) is 5.91 Å². The molecule has 33 heavy (non-hydrogen) atoms. The summed E-state index contributed by atoms with van der Waals surface area (Å²) >= 11 is 1.60. The quantitative estimate of drug-likeness (QED) is 0.277. The zero-order valence-corrected chi connectivity index (χ0v) is 18.9. The number of thioether (sulfide) groups is 1. The second-order valence-electron chi connectivity index (χ2n) is 7.93. The summed E-state index contributed by atoms with van der Waals surface area (Å²) in [4.78, 5) is 52.4. The van der Waals surface area contributed by atoms with Crippen LogP contribution in [0.5, 0.6) is 0 Å². The van der Waals surface area contributed by atoms with E-state index in [1.54, 1.807) is 22.7 Å². The van der Waals surface area contributed by atoms with Crippen molar-refractivity contribution in [1.29, 1.82) is 0 Å². The number of carbonyl (C=O) groups is 3. The SMILES string of the molecule is CSc1ccc(N2CC(C(=O)OCC(=O)N3CCCc4cc([N+](=O)[O-])ccc43)CC2=O)cc1. The molecule has 2 aliphatic rings. The van der Waals surface area contributed by atoms with Crippen LogP contribution in [0.1, 0.15) is 18.4 Å². The Labute approximate surface area is 194 Å². The number of ether oxygens (including phenoxy) is 1. The summed E-state index contributed by atoms with van der Waals surface area (Å²) in [6.45, 7) is 0.214. The number of esters is 1. The van der Waals surface area contributed by atoms with Gasteiger partial charge in [0.1, 0.15) is 0 Å². The van der Waals surface area contributed by atoms with Gasteiger partial charge in [0, 0.05) is 47.9 Å². The van der Waals surface area contributed by atoms with Crippen molar-refractivity contribution in [3.8, 4) is 0 Å². The van der Waals surface area contributed by atoms with Gasteiger partial charge in [-0.3, -0.25) is 24.5 Å². The highest BCUT2D eigenvalue weighted by Gasteiger charge is 2.36. The predicted molar refractivity (Wildman–Crippen MR) is 123 cm³/mol. The number of hydrogen-bond acceptors (Lipinski definition) is 7. The summed E-state index contributed by atoms with van der Waals surface area (Å²) in [7, 11) is 0. The first-order chi connectivity index (χ1) is 15.9. The molecule has 2 heterocycles. The normalized spacial score (nSPS) is 17.6.